The van der Waals surface area contributed by atoms with E-state index in [2.05, 4.69) is 18.8 Å². The van der Waals surface area contributed by atoms with Crippen LogP contribution in [0.4, 0.5) is 0 Å². The first-order chi connectivity index (χ1) is 4.74. The molecule has 0 aliphatic carbocycles. The van der Waals surface area contributed by atoms with E-state index in [0.717, 1.165) is 6.42 Å². The van der Waals surface area contributed by atoms with Gasteiger partial charge in [0.1, 0.15) is 0 Å². The summed E-state index contributed by atoms with van der Waals surface area (Å²) in [4.78, 5) is 10.8. The average Bonchev–Trinajstić information content (AvgIpc) is 1.99. The van der Waals surface area contributed by atoms with Crippen LogP contribution in [0.15, 0.2) is 12.7 Å². The van der Waals surface area contributed by atoms with E-state index in [1.807, 2.05) is 6.08 Å². The average molecular weight is 141 g/mol. The maximum Gasteiger partial charge on any atom is 0.220 e. The zero-order chi connectivity index (χ0) is 7.98. The summed E-state index contributed by atoms with van der Waals surface area (Å²) in [5.74, 6) is 0.423. The standard InChI is InChI=1S/C8H15NO/c1-4-7(5-2)6-8(10)9-3/h4,7H,1,5-6H2,2-3H3,(H,9,10)/t7-/m0/s1. The Bertz CT molecular complexity index is 120. The smallest absolute Gasteiger partial charge is 0.220 e. The molecule has 0 fully saturated rings. The maximum atomic E-state index is 10.8. The van der Waals surface area contributed by atoms with E-state index in [1.165, 1.54) is 0 Å². The van der Waals surface area contributed by atoms with Gasteiger partial charge in [-0.25, -0.2) is 0 Å². The summed E-state index contributed by atoms with van der Waals surface area (Å²) in [6, 6.07) is 0. The highest BCUT2D eigenvalue weighted by Crippen LogP contribution is 2.07. The van der Waals surface area contributed by atoms with Crippen LogP contribution in [0.25, 0.3) is 0 Å². The number of hydrogen-bond acceptors (Lipinski definition) is 1. The van der Waals surface area contributed by atoms with Crippen molar-refractivity contribution in [2.24, 2.45) is 5.92 Å². The molecule has 2 heteroatoms. The minimum Gasteiger partial charge on any atom is -0.359 e. The highest BCUT2D eigenvalue weighted by Gasteiger charge is 2.05. The molecule has 1 amide bonds. The van der Waals surface area contributed by atoms with Gasteiger partial charge in [0.05, 0.1) is 0 Å². The zero-order valence-electron chi connectivity index (χ0n) is 6.68. The van der Waals surface area contributed by atoms with E-state index in [9.17, 15) is 4.79 Å². The van der Waals surface area contributed by atoms with E-state index in [1.54, 1.807) is 7.05 Å². The summed E-state index contributed by atoms with van der Waals surface area (Å²) in [6.45, 7) is 5.69. The van der Waals surface area contributed by atoms with Gasteiger partial charge in [-0.15, -0.1) is 6.58 Å². The van der Waals surface area contributed by atoms with Crippen molar-refractivity contribution < 1.29 is 4.79 Å². The summed E-state index contributed by atoms with van der Waals surface area (Å²) < 4.78 is 0. The Morgan fingerprint density at radius 1 is 1.80 bits per heavy atom. The second kappa shape index (κ2) is 5.03. The van der Waals surface area contributed by atoms with E-state index in [0.29, 0.717) is 12.3 Å². The molecule has 0 bridgehead atoms. The Kier molecular flexibility index (Phi) is 4.63. The number of amides is 1. The quantitative estimate of drug-likeness (QED) is 0.588. The molecule has 0 saturated heterocycles. The molecule has 58 valence electrons. The van der Waals surface area contributed by atoms with Crippen molar-refractivity contribution in [3.8, 4) is 0 Å². The molecular weight excluding hydrogens is 126 g/mol. The second-order valence-electron chi connectivity index (χ2n) is 2.28. The number of hydrogen-bond donors (Lipinski definition) is 1. The zero-order valence-corrected chi connectivity index (χ0v) is 6.68. The monoisotopic (exact) mass is 141 g/mol. The molecule has 0 heterocycles. The van der Waals surface area contributed by atoms with Crippen LogP contribution in [-0.2, 0) is 4.79 Å². The van der Waals surface area contributed by atoms with Crippen molar-refractivity contribution in [3.05, 3.63) is 12.7 Å². The molecule has 0 rings (SSSR count). The van der Waals surface area contributed by atoms with E-state index in [-0.39, 0.29) is 5.91 Å². The highest BCUT2D eigenvalue weighted by molar-refractivity contribution is 5.75. The van der Waals surface area contributed by atoms with Gasteiger partial charge in [-0.3, -0.25) is 4.79 Å². The topological polar surface area (TPSA) is 29.1 Å². The molecule has 0 aromatic rings. The Balaban J connectivity index is 3.62. The number of carbonyl (C=O) groups is 1. The fraction of sp³-hybridized carbons (Fsp3) is 0.625. The van der Waals surface area contributed by atoms with Crippen LogP contribution < -0.4 is 5.32 Å². The molecule has 0 unspecified atom stereocenters. The predicted molar refractivity (Wildman–Crippen MR) is 42.7 cm³/mol. The van der Waals surface area contributed by atoms with Crippen molar-refractivity contribution in [3.63, 3.8) is 0 Å². The van der Waals surface area contributed by atoms with Gasteiger partial charge in [-0.2, -0.15) is 0 Å². The lowest BCUT2D eigenvalue weighted by Gasteiger charge is -2.06. The molecule has 0 aliphatic rings. The van der Waals surface area contributed by atoms with Crippen LogP contribution in [0.3, 0.4) is 0 Å². The molecule has 10 heavy (non-hydrogen) atoms. The molecule has 2 nitrogen and oxygen atoms in total. The Labute approximate surface area is 62.3 Å². The summed E-state index contributed by atoms with van der Waals surface area (Å²) in [6.07, 6.45) is 3.38. The summed E-state index contributed by atoms with van der Waals surface area (Å²) in [7, 11) is 1.65. The van der Waals surface area contributed by atoms with Crippen LogP contribution in [0.5, 0.6) is 0 Å². The minimum atomic E-state index is 0.0896. The lowest BCUT2D eigenvalue weighted by Crippen LogP contribution is -2.20. The number of rotatable bonds is 4. The molecule has 0 saturated carbocycles. The lowest BCUT2D eigenvalue weighted by molar-refractivity contribution is -0.121. The third kappa shape index (κ3) is 3.28. The third-order valence-electron chi connectivity index (χ3n) is 1.58. The van der Waals surface area contributed by atoms with Crippen molar-refractivity contribution in [2.75, 3.05) is 7.05 Å². The largest absolute Gasteiger partial charge is 0.359 e. The Morgan fingerprint density at radius 3 is 2.70 bits per heavy atom. The van der Waals surface area contributed by atoms with Crippen LogP contribution in [0.1, 0.15) is 19.8 Å². The Hall–Kier alpha value is -0.790. The first-order valence-corrected chi connectivity index (χ1v) is 3.57. The molecule has 0 spiro atoms. The first kappa shape index (κ1) is 9.21. The van der Waals surface area contributed by atoms with Gasteiger partial charge in [0.15, 0.2) is 0 Å². The fourth-order valence-corrected chi connectivity index (χ4v) is 0.735. The molecule has 0 aromatic heterocycles. The predicted octanol–water partition coefficient (Wildman–Crippen LogP) is 1.33. The number of allylic oxidation sites excluding steroid dienone is 1. The van der Waals surface area contributed by atoms with Crippen molar-refractivity contribution in [1.29, 1.82) is 0 Å². The van der Waals surface area contributed by atoms with Gasteiger partial charge in [0.25, 0.3) is 0 Å². The number of carbonyl (C=O) groups excluding carboxylic acids is 1. The molecular formula is C8H15NO. The maximum absolute atomic E-state index is 10.8. The minimum absolute atomic E-state index is 0.0896. The molecule has 1 N–H and O–H groups in total. The lowest BCUT2D eigenvalue weighted by atomic mass is 10.0. The normalized spacial score (nSPS) is 12.2. The van der Waals surface area contributed by atoms with Crippen LogP contribution in [0, 0.1) is 5.92 Å². The van der Waals surface area contributed by atoms with Crippen molar-refractivity contribution >= 4 is 5.91 Å². The van der Waals surface area contributed by atoms with Crippen LogP contribution >= 0.6 is 0 Å². The SMILES string of the molecule is C=C[C@@H](CC)CC(=O)NC. The van der Waals surface area contributed by atoms with Crippen LogP contribution in [-0.4, -0.2) is 13.0 Å². The molecule has 0 radical (unpaired) electrons. The van der Waals surface area contributed by atoms with E-state index < -0.39 is 0 Å². The third-order valence-corrected chi connectivity index (χ3v) is 1.58. The Morgan fingerprint density at radius 2 is 2.40 bits per heavy atom. The van der Waals surface area contributed by atoms with Gasteiger partial charge in [0.2, 0.25) is 5.91 Å². The van der Waals surface area contributed by atoms with Crippen molar-refractivity contribution in [2.45, 2.75) is 19.8 Å². The molecule has 0 aliphatic heterocycles. The van der Waals surface area contributed by atoms with Gasteiger partial charge >= 0.3 is 0 Å². The van der Waals surface area contributed by atoms with Gasteiger partial charge in [0, 0.05) is 13.5 Å². The van der Waals surface area contributed by atoms with Crippen molar-refractivity contribution in [1.82, 2.24) is 5.32 Å². The number of nitrogens with one attached hydrogen (secondary N) is 1. The van der Waals surface area contributed by atoms with Gasteiger partial charge in [-0.05, 0) is 12.3 Å². The van der Waals surface area contributed by atoms with Gasteiger partial charge < -0.3 is 5.32 Å². The summed E-state index contributed by atoms with van der Waals surface area (Å²) in [5, 5.41) is 2.58. The first-order valence-electron chi connectivity index (χ1n) is 3.57. The van der Waals surface area contributed by atoms with Gasteiger partial charge in [-0.1, -0.05) is 13.0 Å². The second-order valence-corrected chi connectivity index (χ2v) is 2.28. The summed E-state index contributed by atoms with van der Waals surface area (Å²) in [5.41, 5.74) is 0. The molecule has 1 atom stereocenters. The molecule has 0 aromatic carbocycles. The highest BCUT2D eigenvalue weighted by atomic mass is 16.1. The van der Waals surface area contributed by atoms with Crippen LogP contribution in [0.2, 0.25) is 0 Å². The van der Waals surface area contributed by atoms with E-state index >= 15 is 0 Å². The van der Waals surface area contributed by atoms with E-state index in [4.69, 9.17) is 0 Å². The summed E-state index contributed by atoms with van der Waals surface area (Å²) >= 11 is 0. The fourth-order valence-electron chi connectivity index (χ4n) is 0.735.